The molecule has 1 atom stereocenters. The van der Waals surface area contributed by atoms with Crippen LogP contribution < -0.4 is 5.32 Å². The normalized spacial score (nSPS) is 12.7. The molecule has 23 heavy (non-hydrogen) atoms. The van der Waals surface area contributed by atoms with Crippen molar-refractivity contribution in [2.75, 3.05) is 5.32 Å². The van der Waals surface area contributed by atoms with Crippen molar-refractivity contribution < 1.29 is 13.2 Å². The van der Waals surface area contributed by atoms with Crippen LogP contribution in [0.1, 0.15) is 37.3 Å². The predicted octanol–water partition coefficient (Wildman–Crippen LogP) is 4.51. The van der Waals surface area contributed by atoms with E-state index in [1.165, 1.54) is 12.1 Å². The summed E-state index contributed by atoms with van der Waals surface area (Å²) in [6.07, 6.45) is 1.02. The summed E-state index contributed by atoms with van der Waals surface area (Å²) in [6, 6.07) is 13.5. The van der Waals surface area contributed by atoms with Crippen molar-refractivity contribution >= 4 is 20.8 Å². The van der Waals surface area contributed by atoms with Crippen LogP contribution in [0, 0.1) is 6.92 Å². The van der Waals surface area contributed by atoms with Gasteiger partial charge in [0.05, 0.1) is 4.90 Å². The number of hydrogen-bond donors (Lipinski definition) is 1. The van der Waals surface area contributed by atoms with Gasteiger partial charge in [-0.15, -0.1) is 0 Å². The van der Waals surface area contributed by atoms with Gasteiger partial charge in [0.2, 0.25) is 0 Å². The van der Waals surface area contributed by atoms with Gasteiger partial charge in [-0.1, -0.05) is 43.7 Å². The third-order valence-electron chi connectivity index (χ3n) is 3.91. The molecule has 0 fully saturated rings. The highest BCUT2D eigenvalue weighted by atomic mass is 32.2. The number of carbonyl (C=O) groups is 1. The Bertz CT molecular complexity index is 778. The second-order valence-corrected chi connectivity index (χ2v) is 7.51. The SMILES string of the molecule is CC[C@H](C)c1ccc(NC(=O)S(=O)(=O)c2ccc(C)cc2)cc1. The topological polar surface area (TPSA) is 63.2 Å². The zero-order chi connectivity index (χ0) is 17.0. The number of rotatable bonds is 4. The minimum Gasteiger partial charge on any atom is -0.312 e. The second kappa shape index (κ2) is 6.96. The zero-order valence-electron chi connectivity index (χ0n) is 13.5. The van der Waals surface area contributed by atoms with Gasteiger partial charge in [0.15, 0.2) is 0 Å². The van der Waals surface area contributed by atoms with Gasteiger partial charge < -0.3 is 5.32 Å². The lowest BCUT2D eigenvalue weighted by atomic mass is 9.99. The van der Waals surface area contributed by atoms with Gasteiger partial charge in [-0.25, -0.2) is 8.42 Å². The highest BCUT2D eigenvalue weighted by molar-refractivity contribution is 8.06. The number of carbonyl (C=O) groups excluding carboxylic acids is 1. The molecule has 2 rings (SSSR count). The summed E-state index contributed by atoms with van der Waals surface area (Å²) in [6.45, 7) is 6.08. The van der Waals surface area contributed by atoms with Crippen LogP contribution in [0.25, 0.3) is 0 Å². The first-order valence-electron chi connectivity index (χ1n) is 7.57. The van der Waals surface area contributed by atoms with E-state index in [1.807, 2.05) is 19.1 Å². The maximum atomic E-state index is 12.3. The fraction of sp³-hybridized carbons (Fsp3) is 0.278. The summed E-state index contributed by atoms with van der Waals surface area (Å²) in [5, 5.41) is 1.44. The lowest BCUT2D eigenvalue weighted by Crippen LogP contribution is -2.21. The van der Waals surface area contributed by atoms with E-state index in [4.69, 9.17) is 0 Å². The largest absolute Gasteiger partial charge is 0.345 e. The van der Waals surface area contributed by atoms with Gasteiger partial charge in [0.25, 0.3) is 9.84 Å². The summed E-state index contributed by atoms with van der Waals surface area (Å²) in [7, 11) is -4.04. The Morgan fingerprint density at radius 1 is 1.04 bits per heavy atom. The van der Waals surface area contributed by atoms with Crippen LogP contribution in [-0.4, -0.2) is 13.7 Å². The number of sulfone groups is 1. The van der Waals surface area contributed by atoms with E-state index in [0.29, 0.717) is 11.6 Å². The van der Waals surface area contributed by atoms with Gasteiger partial charge in [-0.3, -0.25) is 4.79 Å². The molecule has 122 valence electrons. The van der Waals surface area contributed by atoms with Gasteiger partial charge >= 0.3 is 5.24 Å². The molecule has 0 saturated carbocycles. The van der Waals surface area contributed by atoms with Crippen molar-refractivity contribution in [1.29, 1.82) is 0 Å². The van der Waals surface area contributed by atoms with E-state index in [1.54, 1.807) is 24.3 Å². The van der Waals surface area contributed by atoms with Gasteiger partial charge in [0, 0.05) is 5.69 Å². The highest BCUT2D eigenvalue weighted by Crippen LogP contribution is 2.21. The first-order chi connectivity index (χ1) is 10.8. The van der Waals surface area contributed by atoms with E-state index >= 15 is 0 Å². The molecular weight excluding hydrogens is 310 g/mol. The molecule has 1 N–H and O–H groups in total. The second-order valence-electron chi connectivity index (χ2n) is 5.66. The molecule has 0 radical (unpaired) electrons. The Morgan fingerprint density at radius 2 is 1.61 bits per heavy atom. The molecule has 0 heterocycles. The molecule has 1 amide bonds. The van der Waals surface area contributed by atoms with Crippen molar-refractivity contribution in [2.24, 2.45) is 0 Å². The average molecular weight is 331 g/mol. The van der Waals surface area contributed by atoms with Gasteiger partial charge in [-0.2, -0.15) is 0 Å². The Kier molecular flexibility index (Phi) is 5.21. The molecule has 0 aromatic heterocycles. The van der Waals surface area contributed by atoms with Crippen LogP contribution >= 0.6 is 0 Å². The van der Waals surface area contributed by atoms with E-state index < -0.39 is 15.1 Å². The number of nitrogens with one attached hydrogen (secondary N) is 1. The molecule has 4 nitrogen and oxygen atoms in total. The smallest absolute Gasteiger partial charge is 0.312 e. The van der Waals surface area contributed by atoms with Crippen molar-refractivity contribution in [1.82, 2.24) is 0 Å². The van der Waals surface area contributed by atoms with E-state index in [9.17, 15) is 13.2 Å². The summed E-state index contributed by atoms with van der Waals surface area (Å²) in [5.74, 6) is 0.427. The Labute approximate surface area is 137 Å². The zero-order valence-corrected chi connectivity index (χ0v) is 14.4. The monoisotopic (exact) mass is 331 g/mol. The molecule has 0 aliphatic carbocycles. The third-order valence-corrected chi connectivity index (χ3v) is 5.40. The fourth-order valence-electron chi connectivity index (χ4n) is 2.14. The number of hydrogen-bond acceptors (Lipinski definition) is 3. The Hall–Kier alpha value is -2.14. The molecule has 2 aromatic carbocycles. The molecule has 0 aliphatic heterocycles. The van der Waals surface area contributed by atoms with E-state index in [2.05, 4.69) is 19.2 Å². The van der Waals surface area contributed by atoms with E-state index in [0.717, 1.165) is 17.5 Å². The average Bonchev–Trinajstić information content (AvgIpc) is 2.55. The van der Waals surface area contributed by atoms with Crippen molar-refractivity contribution in [3.63, 3.8) is 0 Å². The number of anilines is 1. The minimum atomic E-state index is -4.04. The van der Waals surface area contributed by atoms with Crippen molar-refractivity contribution in [3.8, 4) is 0 Å². The minimum absolute atomic E-state index is 0.00294. The van der Waals surface area contributed by atoms with Gasteiger partial charge in [-0.05, 0) is 49.1 Å². The van der Waals surface area contributed by atoms with Crippen LogP contribution in [-0.2, 0) is 9.84 Å². The molecule has 2 aromatic rings. The molecule has 0 spiro atoms. The number of amides is 1. The molecule has 0 bridgehead atoms. The summed E-state index contributed by atoms with van der Waals surface area (Å²) < 4.78 is 24.5. The van der Waals surface area contributed by atoms with Crippen LogP contribution in [0.2, 0.25) is 0 Å². The van der Waals surface area contributed by atoms with Gasteiger partial charge in [0.1, 0.15) is 0 Å². The highest BCUT2D eigenvalue weighted by Gasteiger charge is 2.24. The number of benzene rings is 2. The molecule has 5 heteroatoms. The first kappa shape index (κ1) is 17.2. The van der Waals surface area contributed by atoms with E-state index in [-0.39, 0.29) is 4.90 Å². The number of aryl methyl sites for hydroxylation is 1. The lowest BCUT2D eigenvalue weighted by Gasteiger charge is -2.11. The fourth-order valence-corrected chi connectivity index (χ4v) is 3.10. The first-order valence-corrected chi connectivity index (χ1v) is 9.05. The van der Waals surface area contributed by atoms with Crippen molar-refractivity contribution in [2.45, 2.75) is 38.0 Å². The molecule has 0 saturated heterocycles. The molecular formula is C18H21NO3S. The Balaban J connectivity index is 2.16. The Morgan fingerprint density at radius 3 is 2.13 bits per heavy atom. The van der Waals surface area contributed by atoms with Crippen LogP contribution in [0.4, 0.5) is 10.5 Å². The maximum absolute atomic E-state index is 12.3. The van der Waals surface area contributed by atoms with Crippen LogP contribution in [0.15, 0.2) is 53.4 Å². The maximum Gasteiger partial charge on any atom is 0.345 e. The predicted molar refractivity (Wildman–Crippen MR) is 92.5 cm³/mol. The standard InChI is InChI=1S/C18H21NO3S/c1-4-14(3)15-7-9-16(10-8-15)19-18(20)23(21,22)17-11-5-13(2)6-12-17/h5-12,14H,4H2,1-3H3,(H,19,20)/t14-/m0/s1. The lowest BCUT2D eigenvalue weighted by molar-refractivity contribution is 0.267. The quantitative estimate of drug-likeness (QED) is 0.896. The molecule has 0 aliphatic rings. The summed E-state index contributed by atoms with van der Waals surface area (Å²) >= 11 is 0. The summed E-state index contributed by atoms with van der Waals surface area (Å²) in [5.41, 5.74) is 2.56. The van der Waals surface area contributed by atoms with Crippen LogP contribution in [0.5, 0.6) is 0 Å². The molecule has 0 unspecified atom stereocenters. The third kappa shape index (κ3) is 3.99. The van der Waals surface area contributed by atoms with Crippen LogP contribution in [0.3, 0.4) is 0 Å². The summed E-state index contributed by atoms with van der Waals surface area (Å²) in [4.78, 5) is 12.1. The van der Waals surface area contributed by atoms with Crippen molar-refractivity contribution in [3.05, 3.63) is 59.7 Å².